The van der Waals surface area contributed by atoms with E-state index in [1.807, 2.05) is 0 Å². The fourth-order valence-electron chi connectivity index (χ4n) is 10.0. The molecule has 2 aliphatic rings. The normalized spacial score (nSPS) is 13.1. The van der Waals surface area contributed by atoms with Gasteiger partial charge in [-0.25, -0.2) is 0 Å². The van der Waals surface area contributed by atoms with Crippen LogP contribution in [0.2, 0.25) is 0 Å². The molecule has 0 saturated carbocycles. The molecule has 0 saturated heterocycles. The summed E-state index contributed by atoms with van der Waals surface area (Å²) in [7, 11) is 0. The van der Waals surface area contributed by atoms with E-state index in [-0.39, 0.29) is 5.41 Å². The van der Waals surface area contributed by atoms with Crippen molar-refractivity contribution in [1.29, 1.82) is 0 Å². The van der Waals surface area contributed by atoms with E-state index in [0.717, 1.165) is 17.1 Å². The van der Waals surface area contributed by atoms with Crippen LogP contribution < -0.4 is 4.90 Å². The second-order valence-electron chi connectivity index (χ2n) is 16.5. The lowest BCUT2D eigenvalue weighted by Gasteiger charge is -2.32. The summed E-state index contributed by atoms with van der Waals surface area (Å²) in [4.78, 5) is 2.43. The molecule has 1 spiro atoms. The van der Waals surface area contributed by atoms with Gasteiger partial charge in [-0.2, -0.15) is 0 Å². The van der Waals surface area contributed by atoms with E-state index in [1.54, 1.807) is 0 Å². The summed E-state index contributed by atoms with van der Waals surface area (Å²) in [6.45, 7) is 4.63. The van der Waals surface area contributed by atoms with Crippen LogP contribution in [0, 0.1) is 0 Å². The van der Waals surface area contributed by atoms with Crippen molar-refractivity contribution in [3.8, 4) is 44.5 Å². The van der Waals surface area contributed by atoms with Gasteiger partial charge in [-0.3, -0.25) is 0 Å². The molecule has 280 valence electrons. The third kappa shape index (κ3) is 5.46. The van der Waals surface area contributed by atoms with Gasteiger partial charge in [0, 0.05) is 22.5 Å². The zero-order valence-corrected chi connectivity index (χ0v) is 33.3. The van der Waals surface area contributed by atoms with Crippen LogP contribution in [0.5, 0.6) is 0 Å². The van der Waals surface area contributed by atoms with Crippen molar-refractivity contribution in [2.45, 2.75) is 24.7 Å². The van der Waals surface area contributed by atoms with Gasteiger partial charge in [0.15, 0.2) is 0 Å². The SMILES string of the molecule is CC(C)(c1ccccc1)c1cccc(-c2ccc(N(c3ccc(-c4ccccc4)cc3)c3ccc4c(c3)C3(c5ccccc5-c5ccccc53)c3ccccc3-4)cc2)c1. The van der Waals surface area contributed by atoms with Crippen LogP contribution in [0.25, 0.3) is 44.5 Å². The highest BCUT2D eigenvalue weighted by Crippen LogP contribution is 2.63. The topological polar surface area (TPSA) is 3.24 Å². The molecular weight excluding hydrogens is 711 g/mol. The van der Waals surface area contributed by atoms with Crippen LogP contribution in [0.4, 0.5) is 17.1 Å². The average molecular weight is 754 g/mol. The second-order valence-corrected chi connectivity index (χ2v) is 16.5. The molecule has 0 N–H and O–H groups in total. The molecule has 0 atom stereocenters. The standard InChI is InChI=1S/C58H43N/c1-57(2,44-19-7-4-8-20-44)45-21-15-18-43(38-45)42-30-34-47(35-31-42)59(46-32-28-41(29-33-46)40-16-5-3-6-17-40)48-36-37-52-51-24-11-14-27-55(51)58(56(52)39-48)53-25-12-9-22-49(53)50-23-10-13-26-54(50)58/h3-39H,1-2H3. The van der Waals surface area contributed by atoms with E-state index in [4.69, 9.17) is 0 Å². The zero-order chi connectivity index (χ0) is 39.6. The van der Waals surface area contributed by atoms with Gasteiger partial charge in [-0.05, 0) is 114 Å². The molecule has 9 aromatic carbocycles. The molecule has 1 heteroatoms. The number of hydrogen-bond acceptors (Lipinski definition) is 1. The Kier molecular flexibility index (Phi) is 8.13. The summed E-state index contributed by atoms with van der Waals surface area (Å²) in [6.07, 6.45) is 0. The third-order valence-corrected chi connectivity index (χ3v) is 13.0. The maximum Gasteiger partial charge on any atom is 0.0726 e. The summed E-state index contributed by atoms with van der Waals surface area (Å²) in [5, 5.41) is 0. The maximum atomic E-state index is 2.47. The number of nitrogens with zero attached hydrogens (tertiary/aromatic N) is 1. The third-order valence-electron chi connectivity index (χ3n) is 13.0. The fourth-order valence-corrected chi connectivity index (χ4v) is 10.0. The molecule has 0 aliphatic heterocycles. The lowest BCUT2D eigenvalue weighted by atomic mass is 9.70. The Morgan fingerprint density at radius 3 is 1.27 bits per heavy atom. The summed E-state index contributed by atoms with van der Waals surface area (Å²) in [5.74, 6) is 0. The Labute approximate surface area is 347 Å². The van der Waals surface area contributed by atoms with Crippen molar-refractivity contribution in [1.82, 2.24) is 0 Å². The zero-order valence-electron chi connectivity index (χ0n) is 33.3. The molecular formula is C58H43N. The summed E-state index contributed by atoms with van der Waals surface area (Å²) >= 11 is 0. The molecule has 1 nitrogen and oxygen atoms in total. The van der Waals surface area contributed by atoms with Crippen molar-refractivity contribution >= 4 is 17.1 Å². The largest absolute Gasteiger partial charge is 0.310 e. The molecule has 11 rings (SSSR count). The quantitative estimate of drug-likeness (QED) is 0.157. The second kappa shape index (κ2) is 13.7. The highest BCUT2D eigenvalue weighted by Gasteiger charge is 2.51. The number of hydrogen-bond donors (Lipinski definition) is 0. The Morgan fingerprint density at radius 2 is 0.712 bits per heavy atom. The van der Waals surface area contributed by atoms with Gasteiger partial charge >= 0.3 is 0 Å². The first-order chi connectivity index (χ1) is 29.0. The summed E-state index contributed by atoms with van der Waals surface area (Å²) in [5.41, 5.74) is 20.9. The highest BCUT2D eigenvalue weighted by atomic mass is 15.1. The smallest absolute Gasteiger partial charge is 0.0726 e. The van der Waals surface area contributed by atoms with E-state index in [1.165, 1.54) is 77.9 Å². The van der Waals surface area contributed by atoms with E-state index < -0.39 is 5.41 Å². The van der Waals surface area contributed by atoms with Crippen molar-refractivity contribution in [3.63, 3.8) is 0 Å². The molecule has 0 radical (unpaired) electrons. The van der Waals surface area contributed by atoms with E-state index >= 15 is 0 Å². The number of rotatable bonds is 7. The predicted octanol–water partition coefficient (Wildman–Crippen LogP) is 15.2. The molecule has 0 amide bonds. The fraction of sp³-hybridized carbons (Fsp3) is 0.0690. The first-order valence-corrected chi connectivity index (χ1v) is 20.7. The minimum absolute atomic E-state index is 0.120. The van der Waals surface area contributed by atoms with E-state index in [0.29, 0.717) is 0 Å². The van der Waals surface area contributed by atoms with Gasteiger partial charge in [-0.1, -0.05) is 202 Å². The molecule has 59 heavy (non-hydrogen) atoms. The Hall–Kier alpha value is -7.22. The minimum atomic E-state index is -0.416. The molecule has 0 heterocycles. The van der Waals surface area contributed by atoms with Gasteiger partial charge in [0.2, 0.25) is 0 Å². The van der Waals surface area contributed by atoms with Gasteiger partial charge in [-0.15, -0.1) is 0 Å². The number of anilines is 3. The van der Waals surface area contributed by atoms with Crippen molar-refractivity contribution in [3.05, 3.63) is 258 Å². The van der Waals surface area contributed by atoms with Crippen molar-refractivity contribution in [2.24, 2.45) is 0 Å². The van der Waals surface area contributed by atoms with Crippen LogP contribution in [0.1, 0.15) is 47.2 Å². The van der Waals surface area contributed by atoms with Gasteiger partial charge in [0.25, 0.3) is 0 Å². The monoisotopic (exact) mass is 753 g/mol. The van der Waals surface area contributed by atoms with Gasteiger partial charge in [0.1, 0.15) is 0 Å². The van der Waals surface area contributed by atoms with Crippen LogP contribution in [-0.4, -0.2) is 0 Å². The minimum Gasteiger partial charge on any atom is -0.310 e. The van der Waals surface area contributed by atoms with Crippen LogP contribution in [-0.2, 0) is 10.8 Å². The molecule has 0 unspecified atom stereocenters. The first kappa shape index (κ1) is 35.0. The van der Waals surface area contributed by atoms with Crippen molar-refractivity contribution in [2.75, 3.05) is 4.90 Å². The van der Waals surface area contributed by atoms with Crippen molar-refractivity contribution < 1.29 is 0 Å². The molecule has 2 aliphatic carbocycles. The van der Waals surface area contributed by atoms with Crippen LogP contribution in [0.15, 0.2) is 224 Å². The van der Waals surface area contributed by atoms with E-state index in [9.17, 15) is 0 Å². The summed E-state index contributed by atoms with van der Waals surface area (Å²) in [6, 6.07) is 82.9. The summed E-state index contributed by atoms with van der Waals surface area (Å²) < 4.78 is 0. The Balaban J connectivity index is 1.06. The lowest BCUT2D eigenvalue weighted by Crippen LogP contribution is -2.26. The first-order valence-electron chi connectivity index (χ1n) is 20.7. The van der Waals surface area contributed by atoms with Crippen LogP contribution in [0.3, 0.4) is 0 Å². The number of fused-ring (bicyclic) bond motifs is 10. The highest BCUT2D eigenvalue weighted by molar-refractivity contribution is 5.96. The molecule has 9 aromatic rings. The predicted molar refractivity (Wildman–Crippen MR) is 247 cm³/mol. The molecule has 0 aromatic heterocycles. The molecule has 0 bridgehead atoms. The van der Waals surface area contributed by atoms with Crippen LogP contribution >= 0.6 is 0 Å². The lowest BCUT2D eigenvalue weighted by molar-refractivity contribution is 0.641. The molecule has 0 fully saturated rings. The van der Waals surface area contributed by atoms with Gasteiger partial charge in [0.05, 0.1) is 5.41 Å². The Bertz CT molecular complexity index is 2930. The van der Waals surface area contributed by atoms with Gasteiger partial charge < -0.3 is 4.90 Å². The number of benzene rings is 9. The van der Waals surface area contributed by atoms with E-state index in [2.05, 4.69) is 243 Å². The average Bonchev–Trinajstić information content (AvgIpc) is 3.77. The maximum absolute atomic E-state index is 2.47. The Morgan fingerprint density at radius 1 is 0.305 bits per heavy atom.